The van der Waals surface area contributed by atoms with Gasteiger partial charge in [-0.2, -0.15) is 0 Å². The summed E-state index contributed by atoms with van der Waals surface area (Å²) in [4.78, 5) is 16.0. The fraction of sp³-hybridized carbons (Fsp3) is 0.0769. The molecule has 2 aromatic rings. The first-order chi connectivity index (χ1) is 10.0. The zero-order valence-electron chi connectivity index (χ0n) is 10.3. The molecule has 0 atom stereocenters. The van der Waals surface area contributed by atoms with E-state index in [4.69, 9.17) is 44.3 Å². The van der Waals surface area contributed by atoms with E-state index in [0.717, 1.165) is 0 Å². The Kier molecular flexibility index (Phi) is 3.80. The summed E-state index contributed by atoms with van der Waals surface area (Å²) in [7, 11) is 0. The molecule has 1 aromatic heterocycles. The van der Waals surface area contributed by atoms with E-state index in [1.165, 1.54) is 12.1 Å². The van der Waals surface area contributed by atoms with Crippen molar-refractivity contribution in [2.45, 2.75) is 0 Å². The maximum atomic E-state index is 12.2. The highest BCUT2D eigenvalue weighted by molar-refractivity contribution is 6.35. The minimum Gasteiger partial charge on any atom is -0.454 e. The molecule has 0 aliphatic carbocycles. The van der Waals surface area contributed by atoms with Crippen LogP contribution in [0.4, 0.5) is 5.69 Å². The predicted octanol–water partition coefficient (Wildman–Crippen LogP) is 4.02. The SMILES string of the molecule is O=C(Nc1cc2c(cc1Cl)OCO2)c1cc(Cl)nc(Cl)c1. The lowest BCUT2D eigenvalue weighted by Crippen LogP contribution is -2.12. The number of benzene rings is 1. The second-order valence-corrected chi connectivity index (χ2v) is 5.32. The summed E-state index contributed by atoms with van der Waals surface area (Å²) in [6.07, 6.45) is 0. The summed E-state index contributed by atoms with van der Waals surface area (Å²) in [5, 5.41) is 3.25. The molecule has 0 saturated heterocycles. The number of pyridine rings is 1. The predicted molar refractivity (Wildman–Crippen MR) is 79.8 cm³/mol. The molecule has 0 saturated carbocycles. The van der Waals surface area contributed by atoms with E-state index in [2.05, 4.69) is 10.3 Å². The molecule has 1 aliphatic rings. The minimum absolute atomic E-state index is 0.124. The molecule has 108 valence electrons. The summed E-state index contributed by atoms with van der Waals surface area (Å²) < 4.78 is 10.4. The largest absolute Gasteiger partial charge is 0.454 e. The van der Waals surface area contributed by atoms with Crippen molar-refractivity contribution < 1.29 is 14.3 Å². The van der Waals surface area contributed by atoms with Crippen molar-refractivity contribution in [3.8, 4) is 11.5 Å². The second-order valence-electron chi connectivity index (χ2n) is 4.14. The van der Waals surface area contributed by atoms with E-state index in [-0.39, 0.29) is 22.7 Å². The van der Waals surface area contributed by atoms with Crippen molar-refractivity contribution in [3.63, 3.8) is 0 Å². The molecule has 0 spiro atoms. The van der Waals surface area contributed by atoms with E-state index in [1.807, 2.05) is 0 Å². The third-order valence-corrected chi connectivity index (χ3v) is 3.44. The van der Waals surface area contributed by atoms with E-state index in [9.17, 15) is 4.79 Å². The molecule has 0 unspecified atom stereocenters. The van der Waals surface area contributed by atoms with Gasteiger partial charge in [0.2, 0.25) is 6.79 Å². The number of anilines is 1. The highest BCUT2D eigenvalue weighted by atomic mass is 35.5. The molecule has 2 heterocycles. The number of nitrogens with zero attached hydrogens (tertiary/aromatic N) is 1. The van der Waals surface area contributed by atoms with Gasteiger partial charge in [0.1, 0.15) is 10.3 Å². The van der Waals surface area contributed by atoms with Crippen molar-refractivity contribution in [1.82, 2.24) is 4.98 Å². The van der Waals surface area contributed by atoms with Crippen LogP contribution in [0.25, 0.3) is 0 Å². The van der Waals surface area contributed by atoms with Gasteiger partial charge in [0.05, 0.1) is 10.7 Å². The number of halogens is 3. The molecule has 1 aromatic carbocycles. The van der Waals surface area contributed by atoms with Gasteiger partial charge >= 0.3 is 0 Å². The molecule has 8 heteroatoms. The number of nitrogens with one attached hydrogen (secondary N) is 1. The summed E-state index contributed by atoms with van der Waals surface area (Å²) in [5.41, 5.74) is 0.670. The number of rotatable bonds is 2. The Morgan fingerprint density at radius 2 is 1.67 bits per heavy atom. The van der Waals surface area contributed by atoms with E-state index in [0.29, 0.717) is 22.2 Å². The Hall–Kier alpha value is -1.69. The van der Waals surface area contributed by atoms with Crippen molar-refractivity contribution in [1.29, 1.82) is 0 Å². The highest BCUT2D eigenvalue weighted by Crippen LogP contribution is 2.39. The number of carbonyl (C=O) groups is 1. The number of ether oxygens (including phenoxy) is 2. The third kappa shape index (κ3) is 3.00. The lowest BCUT2D eigenvalue weighted by atomic mass is 10.2. The number of hydrogen-bond acceptors (Lipinski definition) is 4. The van der Waals surface area contributed by atoms with Crippen molar-refractivity contribution in [3.05, 3.63) is 45.2 Å². The van der Waals surface area contributed by atoms with Crippen LogP contribution >= 0.6 is 34.8 Å². The van der Waals surface area contributed by atoms with Crippen molar-refractivity contribution >= 4 is 46.4 Å². The van der Waals surface area contributed by atoms with Crippen LogP contribution in [0.2, 0.25) is 15.3 Å². The van der Waals surface area contributed by atoms with Crippen LogP contribution in [0.5, 0.6) is 11.5 Å². The number of carbonyl (C=O) groups excluding carboxylic acids is 1. The van der Waals surface area contributed by atoms with E-state index >= 15 is 0 Å². The van der Waals surface area contributed by atoms with Gasteiger partial charge in [-0.05, 0) is 12.1 Å². The Morgan fingerprint density at radius 3 is 2.33 bits per heavy atom. The number of amides is 1. The van der Waals surface area contributed by atoms with Gasteiger partial charge < -0.3 is 14.8 Å². The fourth-order valence-electron chi connectivity index (χ4n) is 1.80. The summed E-state index contributed by atoms with van der Waals surface area (Å²) in [6, 6.07) is 5.98. The van der Waals surface area contributed by atoms with Gasteiger partial charge in [0, 0.05) is 17.7 Å². The molecule has 21 heavy (non-hydrogen) atoms. The van der Waals surface area contributed by atoms with Gasteiger partial charge in [-0.3, -0.25) is 4.79 Å². The molecule has 0 fully saturated rings. The quantitative estimate of drug-likeness (QED) is 0.835. The summed E-state index contributed by atoms with van der Waals surface area (Å²) >= 11 is 17.6. The minimum atomic E-state index is -0.415. The monoisotopic (exact) mass is 344 g/mol. The summed E-state index contributed by atoms with van der Waals surface area (Å²) in [6.45, 7) is 0.124. The van der Waals surface area contributed by atoms with Crippen LogP contribution in [-0.4, -0.2) is 17.7 Å². The molecule has 1 N–H and O–H groups in total. The molecule has 3 rings (SSSR count). The Balaban J connectivity index is 1.88. The standard InChI is InChI=1S/C13H7Cl3N2O3/c14-7-3-9-10(21-5-20-9)4-8(7)17-13(19)6-1-11(15)18-12(16)2-6/h1-4H,5H2,(H,17,19). The van der Waals surface area contributed by atoms with Crippen LogP contribution < -0.4 is 14.8 Å². The first-order valence-corrected chi connectivity index (χ1v) is 6.90. The van der Waals surface area contributed by atoms with Crippen LogP contribution in [0.1, 0.15) is 10.4 Å². The van der Waals surface area contributed by atoms with Gasteiger partial charge in [0.15, 0.2) is 11.5 Å². The molecule has 1 aliphatic heterocycles. The summed E-state index contributed by atoms with van der Waals surface area (Å²) in [5.74, 6) is 0.635. The van der Waals surface area contributed by atoms with Crippen molar-refractivity contribution in [2.75, 3.05) is 12.1 Å². The van der Waals surface area contributed by atoms with Crippen LogP contribution in [0.3, 0.4) is 0 Å². The maximum absolute atomic E-state index is 12.2. The van der Waals surface area contributed by atoms with Crippen LogP contribution in [-0.2, 0) is 0 Å². The number of aromatic nitrogens is 1. The van der Waals surface area contributed by atoms with Crippen molar-refractivity contribution in [2.24, 2.45) is 0 Å². The molecular formula is C13H7Cl3N2O3. The zero-order valence-corrected chi connectivity index (χ0v) is 12.6. The van der Waals surface area contributed by atoms with Gasteiger partial charge in [-0.25, -0.2) is 4.98 Å². The molecule has 0 bridgehead atoms. The van der Waals surface area contributed by atoms with E-state index in [1.54, 1.807) is 12.1 Å². The molecular weight excluding hydrogens is 339 g/mol. The second kappa shape index (κ2) is 5.60. The molecule has 5 nitrogen and oxygen atoms in total. The first kappa shape index (κ1) is 14.3. The fourth-order valence-corrected chi connectivity index (χ4v) is 2.46. The molecule has 1 amide bonds. The number of hydrogen-bond donors (Lipinski definition) is 1. The van der Waals surface area contributed by atoms with E-state index < -0.39 is 5.91 Å². The van der Waals surface area contributed by atoms with Gasteiger partial charge in [0.25, 0.3) is 5.91 Å². The smallest absolute Gasteiger partial charge is 0.255 e. The normalized spacial score (nSPS) is 12.3. The van der Waals surface area contributed by atoms with Crippen LogP contribution in [0.15, 0.2) is 24.3 Å². The highest BCUT2D eigenvalue weighted by Gasteiger charge is 2.18. The average Bonchev–Trinajstić information content (AvgIpc) is 2.85. The Morgan fingerprint density at radius 1 is 1.05 bits per heavy atom. The number of fused-ring (bicyclic) bond motifs is 1. The Labute approximate surface area is 134 Å². The van der Waals surface area contributed by atoms with Gasteiger partial charge in [-0.1, -0.05) is 34.8 Å². The third-order valence-electron chi connectivity index (χ3n) is 2.74. The van der Waals surface area contributed by atoms with Gasteiger partial charge in [-0.15, -0.1) is 0 Å². The topological polar surface area (TPSA) is 60.5 Å². The average molecular weight is 346 g/mol. The zero-order chi connectivity index (χ0) is 15.0. The maximum Gasteiger partial charge on any atom is 0.255 e. The lowest BCUT2D eigenvalue weighted by Gasteiger charge is -2.09. The van der Waals surface area contributed by atoms with Crippen LogP contribution in [0, 0.1) is 0 Å². The lowest BCUT2D eigenvalue weighted by molar-refractivity contribution is 0.102. The first-order valence-electron chi connectivity index (χ1n) is 5.76. The molecule has 0 radical (unpaired) electrons. The Bertz CT molecular complexity index is 717.